The third kappa shape index (κ3) is 5.64. The molecule has 7 nitrogen and oxygen atoms in total. The summed E-state index contributed by atoms with van der Waals surface area (Å²) in [6, 6.07) is 11.7. The quantitative estimate of drug-likeness (QED) is 0.556. The van der Waals surface area contributed by atoms with Gasteiger partial charge in [0, 0.05) is 11.3 Å². The molecule has 0 saturated carbocycles. The number of carbonyl (C=O) groups excluding carboxylic acids is 1. The number of rotatable bonds is 8. The average Bonchev–Trinajstić information content (AvgIpc) is 3.15. The van der Waals surface area contributed by atoms with Gasteiger partial charge in [-0.2, -0.15) is 0 Å². The number of benzene rings is 2. The van der Waals surface area contributed by atoms with Crippen molar-refractivity contribution >= 4 is 21.7 Å². The van der Waals surface area contributed by atoms with Gasteiger partial charge in [0.2, 0.25) is 15.9 Å². The minimum atomic E-state index is -3.46. The second kappa shape index (κ2) is 8.87. The summed E-state index contributed by atoms with van der Waals surface area (Å²) in [6.07, 6.45) is 1.83. The van der Waals surface area contributed by atoms with Crippen LogP contribution in [0.25, 0.3) is 11.5 Å². The number of anilines is 1. The molecule has 0 aliphatic carbocycles. The van der Waals surface area contributed by atoms with Gasteiger partial charge in [0.15, 0.2) is 0 Å². The van der Waals surface area contributed by atoms with E-state index in [1.165, 1.54) is 42.7 Å². The summed E-state index contributed by atoms with van der Waals surface area (Å²) in [5, 5.41) is 0. The first-order valence-electron chi connectivity index (χ1n) is 8.84. The molecule has 1 aromatic heterocycles. The highest BCUT2D eigenvalue weighted by Crippen LogP contribution is 2.20. The predicted octanol–water partition coefficient (Wildman–Crippen LogP) is 3.99. The Bertz CT molecular complexity index is 1090. The Morgan fingerprint density at radius 3 is 2.69 bits per heavy atom. The molecular weight excluding hydrogens is 399 g/mol. The molecular formula is C20H19FN2O5S. The topological polar surface area (TPSA) is 98.5 Å². The van der Waals surface area contributed by atoms with Crippen LogP contribution in [0.5, 0.6) is 0 Å². The van der Waals surface area contributed by atoms with Gasteiger partial charge in [0.05, 0.1) is 11.3 Å². The number of nitrogens with one attached hydrogen (secondary N) is 1. The largest absolute Gasteiger partial charge is 0.455 e. The van der Waals surface area contributed by atoms with Crippen LogP contribution in [0.3, 0.4) is 0 Å². The number of sulfonamides is 1. The molecule has 29 heavy (non-hydrogen) atoms. The van der Waals surface area contributed by atoms with Crippen LogP contribution in [0.4, 0.5) is 10.1 Å². The smallest absolute Gasteiger partial charge is 0.338 e. The van der Waals surface area contributed by atoms with Crippen molar-refractivity contribution in [3.63, 3.8) is 0 Å². The highest BCUT2D eigenvalue weighted by molar-refractivity contribution is 7.92. The number of hydrogen-bond donors (Lipinski definition) is 1. The van der Waals surface area contributed by atoms with Crippen LogP contribution in [0.2, 0.25) is 0 Å². The fourth-order valence-corrected chi connectivity index (χ4v) is 3.66. The SMILES string of the molecule is CCCS(=O)(=O)Nc1cccc(C(=O)OCc2coc(-c3ccc(F)cc3)n2)c1. The molecule has 0 aliphatic rings. The van der Waals surface area contributed by atoms with Gasteiger partial charge in [0.1, 0.15) is 24.4 Å². The molecule has 1 N–H and O–H groups in total. The molecule has 0 aliphatic heterocycles. The Kier molecular flexibility index (Phi) is 6.28. The van der Waals surface area contributed by atoms with Crippen LogP contribution in [-0.2, 0) is 21.4 Å². The van der Waals surface area contributed by atoms with Gasteiger partial charge in [0.25, 0.3) is 0 Å². The lowest BCUT2D eigenvalue weighted by atomic mass is 10.2. The summed E-state index contributed by atoms with van der Waals surface area (Å²) in [7, 11) is -3.46. The van der Waals surface area contributed by atoms with E-state index in [9.17, 15) is 17.6 Å². The summed E-state index contributed by atoms with van der Waals surface area (Å²) in [5.74, 6) is -0.727. The fourth-order valence-electron chi connectivity index (χ4n) is 2.53. The van der Waals surface area contributed by atoms with Crippen LogP contribution < -0.4 is 4.72 Å². The number of esters is 1. The second-order valence-corrected chi connectivity index (χ2v) is 8.07. The van der Waals surface area contributed by atoms with E-state index in [0.717, 1.165) is 0 Å². The third-order valence-corrected chi connectivity index (χ3v) is 5.33. The van der Waals surface area contributed by atoms with Gasteiger partial charge in [-0.05, 0) is 48.9 Å². The van der Waals surface area contributed by atoms with Crippen molar-refractivity contribution in [2.75, 3.05) is 10.5 Å². The predicted molar refractivity (Wildman–Crippen MR) is 105 cm³/mol. The minimum absolute atomic E-state index is 0.00970. The van der Waals surface area contributed by atoms with Crippen molar-refractivity contribution in [1.29, 1.82) is 0 Å². The van der Waals surface area contributed by atoms with Crippen LogP contribution >= 0.6 is 0 Å². The highest BCUT2D eigenvalue weighted by atomic mass is 32.2. The first-order chi connectivity index (χ1) is 13.9. The molecule has 1 heterocycles. The molecule has 0 spiro atoms. The Hall–Kier alpha value is -3.20. The maximum Gasteiger partial charge on any atom is 0.338 e. The first-order valence-corrected chi connectivity index (χ1v) is 10.5. The number of oxazole rings is 1. The summed E-state index contributed by atoms with van der Waals surface area (Å²) < 4.78 is 49.7. The van der Waals surface area contributed by atoms with E-state index in [0.29, 0.717) is 17.7 Å². The Balaban J connectivity index is 1.63. The van der Waals surface area contributed by atoms with E-state index >= 15 is 0 Å². The maximum absolute atomic E-state index is 13.0. The van der Waals surface area contributed by atoms with Gasteiger partial charge < -0.3 is 9.15 Å². The lowest BCUT2D eigenvalue weighted by Crippen LogP contribution is -2.16. The van der Waals surface area contributed by atoms with Crippen LogP contribution in [-0.4, -0.2) is 25.1 Å². The molecule has 152 valence electrons. The zero-order valence-electron chi connectivity index (χ0n) is 15.6. The van der Waals surface area contributed by atoms with Crippen molar-refractivity contribution in [1.82, 2.24) is 4.98 Å². The minimum Gasteiger partial charge on any atom is -0.455 e. The molecule has 3 aromatic rings. The molecule has 0 atom stereocenters. The van der Waals surface area contributed by atoms with E-state index in [-0.39, 0.29) is 35.3 Å². The van der Waals surface area contributed by atoms with E-state index < -0.39 is 16.0 Å². The van der Waals surface area contributed by atoms with Gasteiger partial charge in [-0.3, -0.25) is 4.72 Å². The molecule has 0 fully saturated rings. The van der Waals surface area contributed by atoms with Crippen LogP contribution in [0, 0.1) is 5.82 Å². The van der Waals surface area contributed by atoms with E-state index in [2.05, 4.69) is 9.71 Å². The second-order valence-electron chi connectivity index (χ2n) is 6.23. The standard InChI is InChI=1S/C20H19FN2O5S/c1-2-10-29(25,26)23-17-5-3-4-15(11-17)20(24)28-13-18-12-27-19(22-18)14-6-8-16(21)9-7-14/h3-9,11-12,23H,2,10,13H2,1H3. The normalized spacial score (nSPS) is 11.2. The molecule has 0 amide bonds. The lowest BCUT2D eigenvalue weighted by molar-refractivity contribution is 0.0468. The van der Waals surface area contributed by atoms with Crippen molar-refractivity contribution in [2.45, 2.75) is 20.0 Å². The molecule has 0 unspecified atom stereocenters. The number of nitrogens with zero attached hydrogens (tertiary/aromatic N) is 1. The lowest BCUT2D eigenvalue weighted by Gasteiger charge is -2.08. The van der Waals surface area contributed by atoms with E-state index in [4.69, 9.17) is 9.15 Å². The Labute approximate surface area is 167 Å². The summed E-state index contributed by atoms with van der Waals surface area (Å²) in [4.78, 5) is 16.5. The number of halogens is 1. The van der Waals surface area contributed by atoms with Gasteiger partial charge in [-0.1, -0.05) is 13.0 Å². The molecule has 0 bridgehead atoms. The maximum atomic E-state index is 13.0. The number of ether oxygens (including phenoxy) is 1. The van der Waals surface area contributed by atoms with Crippen molar-refractivity contribution < 1.29 is 26.8 Å². The highest BCUT2D eigenvalue weighted by Gasteiger charge is 2.14. The summed E-state index contributed by atoms with van der Waals surface area (Å²) in [6.45, 7) is 1.63. The Morgan fingerprint density at radius 1 is 1.21 bits per heavy atom. The monoisotopic (exact) mass is 418 g/mol. The first kappa shape index (κ1) is 20.5. The number of aromatic nitrogens is 1. The Morgan fingerprint density at radius 2 is 1.97 bits per heavy atom. The molecule has 0 saturated heterocycles. The van der Waals surface area contributed by atoms with E-state index in [1.54, 1.807) is 19.1 Å². The van der Waals surface area contributed by atoms with Crippen molar-refractivity contribution in [3.05, 3.63) is 71.9 Å². The van der Waals surface area contributed by atoms with Gasteiger partial charge in [-0.25, -0.2) is 22.6 Å². The summed E-state index contributed by atoms with van der Waals surface area (Å²) in [5.41, 5.74) is 1.46. The van der Waals surface area contributed by atoms with E-state index in [1.807, 2.05) is 0 Å². The summed E-state index contributed by atoms with van der Waals surface area (Å²) >= 11 is 0. The molecule has 9 heteroatoms. The zero-order valence-corrected chi connectivity index (χ0v) is 16.4. The fraction of sp³-hybridized carbons (Fsp3) is 0.200. The average molecular weight is 418 g/mol. The van der Waals surface area contributed by atoms with Crippen molar-refractivity contribution in [2.24, 2.45) is 0 Å². The molecule has 0 radical (unpaired) electrons. The van der Waals surface area contributed by atoms with Crippen molar-refractivity contribution in [3.8, 4) is 11.5 Å². The third-order valence-electron chi connectivity index (χ3n) is 3.84. The number of hydrogen-bond acceptors (Lipinski definition) is 6. The van der Waals surface area contributed by atoms with Gasteiger partial charge in [-0.15, -0.1) is 0 Å². The number of carbonyl (C=O) groups is 1. The molecule has 3 rings (SSSR count). The zero-order chi connectivity index (χ0) is 20.9. The molecule has 2 aromatic carbocycles. The van der Waals surface area contributed by atoms with Crippen LogP contribution in [0.15, 0.2) is 59.2 Å². The van der Waals surface area contributed by atoms with Crippen LogP contribution in [0.1, 0.15) is 29.4 Å². The van der Waals surface area contributed by atoms with Gasteiger partial charge >= 0.3 is 5.97 Å².